The molecule has 0 unspecified atom stereocenters. The molecule has 1 aromatic carbocycles. The Labute approximate surface area is 106 Å². The number of guanidine groups is 1. The number of nitrogens with one attached hydrogen (secondary N) is 2. The topological polar surface area (TPSA) is 70.6 Å². The largest absolute Gasteiger partial charge is 0.295 e. The van der Waals surface area contributed by atoms with E-state index in [4.69, 9.17) is 0 Å². The van der Waals surface area contributed by atoms with Crippen molar-refractivity contribution in [3.05, 3.63) is 34.3 Å². The van der Waals surface area contributed by atoms with Gasteiger partial charge in [0.1, 0.15) is 5.92 Å². The van der Waals surface area contributed by atoms with Gasteiger partial charge in [0.15, 0.2) is 0 Å². The maximum absolute atomic E-state index is 11.8. The maximum Gasteiger partial charge on any atom is 0.243 e. The maximum atomic E-state index is 11.8. The lowest BCUT2D eigenvalue weighted by molar-refractivity contribution is -0.131. The minimum atomic E-state index is -0.835. The molecule has 2 amide bonds. The van der Waals surface area contributed by atoms with Crippen molar-refractivity contribution in [2.45, 2.75) is 5.92 Å². The van der Waals surface area contributed by atoms with E-state index in [1.807, 2.05) is 6.07 Å². The number of benzene rings is 1. The average Bonchev–Trinajstić information content (AvgIpc) is 2.28. The second-order valence-corrected chi connectivity index (χ2v) is 4.45. The van der Waals surface area contributed by atoms with E-state index >= 15 is 0 Å². The molecular weight excluding hydrogens is 286 g/mol. The number of aliphatic imine (C=N–C) groups is 1. The van der Waals surface area contributed by atoms with Crippen LogP contribution in [0.15, 0.2) is 33.7 Å². The van der Waals surface area contributed by atoms with Gasteiger partial charge in [-0.05, 0) is 17.7 Å². The fourth-order valence-corrected chi connectivity index (χ4v) is 2.05. The molecular formula is C11H10BrN3O2. The summed E-state index contributed by atoms with van der Waals surface area (Å²) in [6, 6.07) is 7.10. The summed E-state index contributed by atoms with van der Waals surface area (Å²) in [6.45, 7) is 0. The number of rotatable bonds is 1. The molecule has 88 valence electrons. The molecule has 1 saturated heterocycles. The SMILES string of the molecule is CN=C1NC(=O)C(c2cccc(Br)c2)C(=O)N1. The van der Waals surface area contributed by atoms with Gasteiger partial charge in [-0.15, -0.1) is 0 Å². The Morgan fingerprint density at radius 3 is 2.41 bits per heavy atom. The zero-order valence-corrected chi connectivity index (χ0v) is 10.6. The van der Waals surface area contributed by atoms with E-state index in [0.29, 0.717) is 5.56 Å². The molecule has 6 heteroatoms. The zero-order chi connectivity index (χ0) is 12.4. The summed E-state index contributed by atoms with van der Waals surface area (Å²) >= 11 is 3.31. The van der Waals surface area contributed by atoms with Crippen LogP contribution in [0, 0.1) is 0 Å². The number of carbonyl (C=O) groups excluding carboxylic acids is 2. The summed E-state index contributed by atoms with van der Waals surface area (Å²) in [5.41, 5.74) is 0.643. The van der Waals surface area contributed by atoms with Gasteiger partial charge in [-0.1, -0.05) is 28.1 Å². The highest BCUT2D eigenvalue weighted by Gasteiger charge is 2.34. The first-order chi connectivity index (χ1) is 8.11. The van der Waals surface area contributed by atoms with Crippen molar-refractivity contribution in [2.75, 3.05) is 7.05 Å². The molecule has 2 N–H and O–H groups in total. The molecule has 1 heterocycles. The number of carbonyl (C=O) groups is 2. The van der Waals surface area contributed by atoms with Crippen LogP contribution in [0.1, 0.15) is 11.5 Å². The van der Waals surface area contributed by atoms with Crippen LogP contribution in [0.25, 0.3) is 0 Å². The first-order valence-corrected chi connectivity index (χ1v) is 5.75. The monoisotopic (exact) mass is 295 g/mol. The molecule has 2 rings (SSSR count). The summed E-state index contributed by atoms with van der Waals surface area (Å²) in [6.07, 6.45) is 0. The van der Waals surface area contributed by atoms with Crippen LogP contribution in [0.3, 0.4) is 0 Å². The van der Waals surface area contributed by atoms with Crippen molar-refractivity contribution in [3.63, 3.8) is 0 Å². The highest BCUT2D eigenvalue weighted by Crippen LogP contribution is 2.21. The van der Waals surface area contributed by atoms with Crippen molar-refractivity contribution in [1.29, 1.82) is 0 Å². The van der Waals surface area contributed by atoms with Crippen molar-refractivity contribution in [2.24, 2.45) is 4.99 Å². The molecule has 0 atom stereocenters. The molecule has 0 spiro atoms. The lowest BCUT2D eigenvalue weighted by Gasteiger charge is -2.23. The van der Waals surface area contributed by atoms with Gasteiger partial charge in [0, 0.05) is 11.5 Å². The fraction of sp³-hybridized carbons (Fsp3) is 0.182. The molecule has 0 saturated carbocycles. The quantitative estimate of drug-likeness (QED) is 0.751. The van der Waals surface area contributed by atoms with E-state index in [1.54, 1.807) is 18.2 Å². The second-order valence-electron chi connectivity index (χ2n) is 3.54. The van der Waals surface area contributed by atoms with E-state index in [2.05, 4.69) is 31.6 Å². The Morgan fingerprint density at radius 2 is 1.88 bits per heavy atom. The minimum absolute atomic E-state index is 0.186. The van der Waals surface area contributed by atoms with E-state index in [1.165, 1.54) is 7.05 Å². The predicted octanol–water partition coefficient (Wildman–Crippen LogP) is 0.764. The number of amides is 2. The number of hydrogen-bond donors (Lipinski definition) is 2. The van der Waals surface area contributed by atoms with E-state index in [0.717, 1.165) is 4.47 Å². The summed E-state index contributed by atoms with van der Waals surface area (Å²) in [5, 5.41) is 5.06. The van der Waals surface area contributed by atoms with Crippen molar-refractivity contribution in [1.82, 2.24) is 10.6 Å². The van der Waals surface area contributed by atoms with Crippen molar-refractivity contribution < 1.29 is 9.59 Å². The lowest BCUT2D eigenvalue weighted by Crippen LogP contribution is -2.55. The van der Waals surface area contributed by atoms with Crippen LogP contribution in [-0.2, 0) is 9.59 Å². The van der Waals surface area contributed by atoms with Crippen LogP contribution in [0.5, 0.6) is 0 Å². The number of nitrogens with zero attached hydrogens (tertiary/aromatic N) is 1. The Kier molecular flexibility index (Phi) is 3.23. The Balaban J connectivity index is 2.33. The first kappa shape index (κ1) is 11.8. The minimum Gasteiger partial charge on any atom is -0.295 e. The zero-order valence-electron chi connectivity index (χ0n) is 9.03. The van der Waals surface area contributed by atoms with Gasteiger partial charge in [-0.3, -0.25) is 25.2 Å². The van der Waals surface area contributed by atoms with E-state index in [9.17, 15) is 9.59 Å². The Bertz CT molecular complexity index is 493. The van der Waals surface area contributed by atoms with Crippen molar-refractivity contribution in [3.8, 4) is 0 Å². The lowest BCUT2D eigenvalue weighted by atomic mass is 9.96. The van der Waals surface area contributed by atoms with Gasteiger partial charge >= 0.3 is 0 Å². The Hall–Kier alpha value is -1.69. The third-order valence-corrected chi connectivity index (χ3v) is 2.91. The molecule has 5 nitrogen and oxygen atoms in total. The van der Waals surface area contributed by atoms with Crippen LogP contribution in [0.4, 0.5) is 0 Å². The van der Waals surface area contributed by atoms with E-state index in [-0.39, 0.29) is 17.8 Å². The number of halogens is 1. The van der Waals surface area contributed by atoms with Gasteiger partial charge < -0.3 is 0 Å². The van der Waals surface area contributed by atoms with Gasteiger partial charge in [0.25, 0.3) is 0 Å². The third-order valence-electron chi connectivity index (χ3n) is 2.41. The highest BCUT2D eigenvalue weighted by atomic mass is 79.9. The second kappa shape index (κ2) is 4.67. The van der Waals surface area contributed by atoms with Crippen LogP contribution >= 0.6 is 15.9 Å². The molecule has 0 aromatic heterocycles. The third kappa shape index (κ3) is 2.36. The predicted molar refractivity (Wildman–Crippen MR) is 66.5 cm³/mol. The van der Waals surface area contributed by atoms with Crippen LogP contribution in [-0.4, -0.2) is 24.8 Å². The van der Waals surface area contributed by atoms with Crippen LogP contribution in [0.2, 0.25) is 0 Å². The van der Waals surface area contributed by atoms with Crippen LogP contribution < -0.4 is 10.6 Å². The van der Waals surface area contributed by atoms with Gasteiger partial charge in [0.05, 0.1) is 0 Å². The average molecular weight is 296 g/mol. The Morgan fingerprint density at radius 1 is 1.24 bits per heavy atom. The molecule has 1 aliphatic rings. The van der Waals surface area contributed by atoms with E-state index < -0.39 is 5.92 Å². The summed E-state index contributed by atoms with van der Waals surface area (Å²) in [5.74, 6) is -1.39. The van der Waals surface area contributed by atoms with Crippen molar-refractivity contribution >= 4 is 33.7 Å². The fourth-order valence-electron chi connectivity index (χ4n) is 1.63. The highest BCUT2D eigenvalue weighted by molar-refractivity contribution is 9.10. The summed E-state index contributed by atoms with van der Waals surface area (Å²) in [4.78, 5) is 27.4. The van der Waals surface area contributed by atoms with Gasteiger partial charge in [-0.25, -0.2) is 0 Å². The molecule has 1 aliphatic heterocycles. The smallest absolute Gasteiger partial charge is 0.243 e. The molecule has 0 aliphatic carbocycles. The summed E-state index contributed by atoms with van der Waals surface area (Å²) < 4.78 is 0.825. The molecule has 17 heavy (non-hydrogen) atoms. The van der Waals surface area contributed by atoms with Gasteiger partial charge in [0.2, 0.25) is 17.8 Å². The van der Waals surface area contributed by atoms with Gasteiger partial charge in [-0.2, -0.15) is 0 Å². The number of hydrogen-bond acceptors (Lipinski definition) is 3. The molecule has 0 bridgehead atoms. The molecule has 0 radical (unpaired) electrons. The first-order valence-electron chi connectivity index (χ1n) is 4.96. The normalized spacial score (nSPS) is 19.6. The summed E-state index contributed by atoms with van der Waals surface area (Å²) in [7, 11) is 1.50. The standard InChI is InChI=1S/C11H10BrN3O2/c1-13-11-14-9(16)8(10(17)15-11)6-3-2-4-7(12)5-6/h2-5,8H,1H3,(H2,13,14,15,16,17). The molecule has 1 aromatic rings. The molecule has 1 fully saturated rings.